The number of hydrogen-bond acceptors (Lipinski definition) is 6. The molecule has 0 aliphatic heterocycles. The molecule has 4 atom stereocenters. The molecule has 42 heavy (non-hydrogen) atoms. The van der Waals surface area contributed by atoms with Crippen LogP contribution in [0.15, 0.2) is 48.5 Å². The van der Waals surface area contributed by atoms with Gasteiger partial charge in [-0.05, 0) is 88.5 Å². The van der Waals surface area contributed by atoms with Gasteiger partial charge in [0.05, 0.1) is 11.8 Å². The van der Waals surface area contributed by atoms with Crippen molar-refractivity contribution in [3.8, 4) is 0 Å². The molecule has 0 aromatic heterocycles. The molecule has 0 radical (unpaired) electrons. The number of carboxylic acid groups (broad SMARTS) is 2. The highest BCUT2D eigenvalue weighted by Crippen LogP contribution is 2.48. The Labute approximate surface area is 246 Å². The van der Waals surface area contributed by atoms with Gasteiger partial charge in [0, 0.05) is 13.1 Å². The normalized spacial score (nSPS) is 20.7. The first-order valence-electron chi connectivity index (χ1n) is 14.1. The Morgan fingerprint density at radius 3 is 1.33 bits per heavy atom. The Morgan fingerprint density at radius 2 is 1.05 bits per heavy atom. The second kappa shape index (κ2) is 13.3. The van der Waals surface area contributed by atoms with E-state index in [1.54, 1.807) is 0 Å². The van der Waals surface area contributed by atoms with Crippen LogP contribution in [0, 0.1) is 11.8 Å². The largest absolute Gasteiger partial charge is 0.481 e. The Bertz CT molecular complexity index is 1190. The third-order valence-electron chi connectivity index (χ3n) is 6.65. The summed E-state index contributed by atoms with van der Waals surface area (Å²) < 4.78 is 10.3. The van der Waals surface area contributed by atoms with Crippen LogP contribution in [0.25, 0.3) is 0 Å². The summed E-state index contributed by atoms with van der Waals surface area (Å²) in [7, 11) is 0. The van der Waals surface area contributed by atoms with Gasteiger partial charge in [0.1, 0.15) is 11.2 Å². The lowest BCUT2D eigenvalue weighted by Crippen LogP contribution is -2.32. The molecule has 0 unspecified atom stereocenters. The summed E-state index contributed by atoms with van der Waals surface area (Å²) in [6.45, 7) is 11.6. The van der Waals surface area contributed by atoms with Crippen LogP contribution < -0.4 is 10.6 Å². The van der Waals surface area contributed by atoms with Gasteiger partial charge in [0.25, 0.3) is 0 Å². The van der Waals surface area contributed by atoms with E-state index < -0.39 is 35.3 Å². The highest BCUT2D eigenvalue weighted by atomic mass is 16.6. The minimum absolute atomic E-state index is 0.101. The van der Waals surface area contributed by atoms with Crippen LogP contribution in [0.1, 0.15) is 88.5 Å². The van der Waals surface area contributed by atoms with E-state index in [0.29, 0.717) is 25.9 Å². The molecule has 2 saturated carbocycles. The number of benzene rings is 2. The van der Waals surface area contributed by atoms with E-state index >= 15 is 0 Å². The number of rotatable bonds is 8. The maximum absolute atomic E-state index is 11.6. The van der Waals surface area contributed by atoms with Crippen molar-refractivity contribution >= 4 is 24.1 Å². The van der Waals surface area contributed by atoms with Crippen LogP contribution in [0.3, 0.4) is 0 Å². The molecule has 0 saturated heterocycles. The van der Waals surface area contributed by atoms with Gasteiger partial charge in [-0.15, -0.1) is 0 Å². The van der Waals surface area contributed by atoms with Crippen LogP contribution in [0.4, 0.5) is 9.59 Å². The summed E-state index contributed by atoms with van der Waals surface area (Å²) in [6, 6.07) is 15.3. The minimum atomic E-state index is -0.739. The predicted molar refractivity (Wildman–Crippen MR) is 156 cm³/mol. The highest BCUT2D eigenvalue weighted by Gasteiger charge is 2.44. The van der Waals surface area contributed by atoms with Crippen LogP contribution in [-0.2, 0) is 32.2 Å². The van der Waals surface area contributed by atoms with Crippen LogP contribution in [0.2, 0.25) is 0 Å². The van der Waals surface area contributed by atoms with Gasteiger partial charge < -0.3 is 30.3 Å². The summed E-state index contributed by atoms with van der Waals surface area (Å²) in [5.41, 5.74) is 2.88. The van der Waals surface area contributed by atoms with E-state index in [1.165, 1.54) is 0 Å². The van der Waals surface area contributed by atoms with Gasteiger partial charge in [0.15, 0.2) is 0 Å². The van der Waals surface area contributed by atoms with Gasteiger partial charge in [-0.25, -0.2) is 9.59 Å². The molecule has 10 heteroatoms. The van der Waals surface area contributed by atoms with Crippen molar-refractivity contribution in [3.63, 3.8) is 0 Å². The molecule has 2 aromatic carbocycles. The molecule has 228 valence electrons. The number of ether oxygens (including phenoxy) is 2. The van der Waals surface area contributed by atoms with E-state index in [9.17, 15) is 19.2 Å². The summed E-state index contributed by atoms with van der Waals surface area (Å²) in [5.74, 6) is -1.80. The van der Waals surface area contributed by atoms with Crippen LogP contribution in [0.5, 0.6) is 0 Å². The molecule has 4 N–H and O–H groups in total. The van der Waals surface area contributed by atoms with E-state index in [-0.39, 0.29) is 23.7 Å². The summed E-state index contributed by atoms with van der Waals surface area (Å²) in [5, 5.41) is 23.3. The molecule has 2 aromatic rings. The number of alkyl carbamates (subject to hydrolysis) is 2. The average molecular weight is 583 g/mol. The summed E-state index contributed by atoms with van der Waals surface area (Å²) in [6.07, 6.45) is 0.474. The van der Waals surface area contributed by atoms with Crippen molar-refractivity contribution in [1.82, 2.24) is 10.6 Å². The number of carbonyl (C=O) groups excluding carboxylic acids is 2. The number of aliphatic carboxylic acids is 2. The Hall–Kier alpha value is -4.08. The molecule has 2 amide bonds. The SMILES string of the molecule is CC(C)(C)OC(=O)NCc1cccc([C@@H]2C[C@H]2C(=O)O)c1.CC(C)(C)OC(=O)NCc1cccc([C@H]2C[C@@H]2C(=O)O)c1. The topological polar surface area (TPSA) is 151 Å². The van der Waals surface area contributed by atoms with Crippen LogP contribution >= 0.6 is 0 Å². The monoisotopic (exact) mass is 582 g/mol. The number of nitrogens with one attached hydrogen (secondary N) is 2. The first kappa shape index (κ1) is 32.4. The summed E-state index contributed by atoms with van der Waals surface area (Å²) in [4.78, 5) is 45.0. The van der Waals surface area contributed by atoms with E-state index in [1.807, 2.05) is 90.1 Å². The first-order valence-corrected chi connectivity index (χ1v) is 14.1. The smallest absolute Gasteiger partial charge is 0.407 e. The standard InChI is InChI=1S/2C16H21NO4/c2*1-16(2,3)21-15(20)17-9-10-5-4-6-11(7-10)12-8-13(12)14(18)19/h2*4-7,12-13H,8-9H2,1-3H3,(H,17,20)(H,18,19)/t2*12-,13+/m10/s1. The van der Waals surface area contributed by atoms with Gasteiger partial charge in [-0.1, -0.05) is 48.5 Å². The number of carboxylic acids is 2. The quantitative estimate of drug-likeness (QED) is 0.305. The molecule has 10 nitrogen and oxygen atoms in total. The van der Waals surface area contributed by atoms with Crippen molar-refractivity contribution in [3.05, 3.63) is 70.8 Å². The Kier molecular flexibility index (Phi) is 10.2. The van der Waals surface area contributed by atoms with E-state index in [0.717, 1.165) is 22.3 Å². The molecule has 2 aliphatic carbocycles. The zero-order chi connectivity index (χ0) is 31.2. The maximum Gasteiger partial charge on any atom is 0.407 e. The fourth-order valence-corrected chi connectivity index (χ4v) is 4.52. The zero-order valence-electron chi connectivity index (χ0n) is 25.1. The molecule has 4 rings (SSSR count). The predicted octanol–water partition coefficient (Wildman–Crippen LogP) is 5.80. The number of amides is 2. The van der Waals surface area contributed by atoms with E-state index in [4.69, 9.17) is 19.7 Å². The van der Waals surface area contributed by atoms with Crippen molar-refractivity contribution in [1.29, 1.82) is 0 Å². The fourth-order valence-electron chi connectivity index (χ4n) is 4.52. The number of hydrogen-bond donors (Lipinski definition) is 4. The van der Waals surface area contributed by atoms with Gasteiger partial charge >= 0.3 is 24.1 Å². The lowest BCUT2D eigenvalue weighted by atomic mass is 10.1. The first-order chi connectivity index (χ1) is 19.5. The Balaban J connectivity index is 0.000000230. The second-order valence-corrected chi connectivity index (χ2v) is 12.8. The molecule has 2 fully saturated rings. The minimum Gasteiger partial charge on any atom is -0.481 e. The maximum atomic E-state index is 11.6. The van der Waals surface area contributed by atoms with Crippen molar-refractivity contribution < 1.29 is 38.9 Å². The van der Waals surface area contributed by atoms with Crippen molar-refractivity contribution in [2.45, 2.75) is 90.5 Å². The second-order valence-electron chi connectivity index (χ2n) is 12.8. The number of carbonyl (C=O) groups is 4. The van der Waals surface area contributed by atoms with Gasteiger partial charge in [-0.2, -0.15) is 0 Å². The highest BCUT2D eigenvalue weighted by molar-refractivity contribution is 5.76. The molecule has 2 aliphatic rings. The van der Waals surface area contributed by atoms with Crippen molar-refractivity contribution in [2.24, 2.45) is 11.8 Å². The third kappa shape index (κ3) is 10.7. The molecular weight excluding hydrogens is 540 g/mol. The van der Waals surface area contributed by atoms with Crippen molar-refractivity contribution in [2.75, 3.05) is 0 Å². The van der Waals surface area contributed by atoms with Gasteiger partial charge in [-0.3, -0.25) is 9.59 Å². The third-order valence-corrected chi connectivity index (χ3v) is 6.65. The van der Waals surface area contributed by atoms with E-state index in [2.05, 4.69) is 10.6 Å². The molecule has 0 spiro atoms. The Morgan fingerprint density at radius 1 is 0.690 bits per heavy atom. The molecule has 0 bridgehead atoms. The van der Waals surface area contributed by atoms with Crippen LogP contribution in [-0.4, -0.2) is 45.5 Å². The molecule has 0 heterocycles. The average Bonchev–Trinajstić information content (AvgIpc) is 3.78. The lowest BCUT2D eigenvalue weighted by Gasteiger charge is -2.19. The van der Waals surface area contributed by atoms with Gasteiger partial charge in [0.2, 0.25) is 0 Å². The fraction of sp³-hybridized carbons (Fsp3) is 0.500. The lowest BCUT2D eigenvalue weighted by molar-refractivity contribution is -0.139. The summed E-state index contributed by atoms with van der Waals surface area (Å²) >= 11 is 0. The zero-order valence-corrected chi connectivity index (χ0v) is 25.1. The molecular formula is C32H42N2O8.